The standard InChI is InChI=1S/C9H11N5O3/c1-5-7(12-17-11-5)4-14-8(15)6(10)3-13(2)9(14)16/h3H,4,10H2,1-2H3. The highest BCUT2D eigenvalue weighted by Gasteiger charge is 2.12. The van der Waals surface area contributed by atoms with Crippen LogP contribution < -0.4 is 17.0 Å². The average Bonchev–Trinajstić information content (AvgIpc) is 2.68. The maximum atomic E-state index is 11.8. The molecule has 2 heterocycles. The van der Waals surface area contributed by atoms with Crippen molar-refractivity contribution in [3.63, 3.8) is 0 Å². The van der Waals surface area contributed by atoms with E-state index in [0.29, 0.717) is 11.4 Å². The Balaban J connectivity index is 2.57. The summed E-state index contributed by atoms with van der Waals surface area (Å²) in [6.45, 7) is 1.67. The third-order valence-electron chi connectivity index (χ3n) is 2.41. The Kier molecular flexibility index (Phi) is 2.54. The minimum atomic E-state index is -0.546. The molecule has 2 N–H and O–H groups in total. The quantitative estimate of drug-likeness (QED) is 0.707. The third kappa shape index (κ3) is 1.84. The van der Waals surface area contributed by atoms with E-state index in [4.69, 9.17) is 5.73 Å². The van der Waals surface area contributed by atoms with Crippen LogP contribution in [0.25, 0.3) is 0 Å². The zero-order valence-corrected chi connectivity index (χ0v) is 9.38. The van der Waals surface area contributed by atoms with Gasteiger partial charge in [-0.2, -0.15) is 0 Å². The minimum absolute atomic E-state index is 0.00112. The van der Waals surface area contributed by atoms with Crippen LogP contribution in [0.5, 0.6) is 0 Å². The molecule has 0 saturated heterocycles. The van der Waals surface area contributed by atoms with Gasteiger partial charge in [0.25, 0.3) is 5.56 Å². The number of nitrogen functional groups attached to an aromatic ring is 1. The van der Waals surface area contributed by atoms with E-state index in [9.17, 15) is 9.59 Å². The molecule has 0 spiro atoms. The summed E-state index contributed by atoms with van der Waals surface area (Å²) in [5.74, 6) is 0. The van der Waals surface area contributed by atoms with Gasteiger partial charge in [0, 0.05) is 13.2 Å². The van der Waals surface area contributed by atoms with Crippen LogP contribution in [0.4, 0.5) is 5.69 Å². The number of aromatic nitrogens is 4. The van der Waals surface area contributed by atoms with Gasteiger partial charge in [0.05, 0.1) is 6.54 Å². The highest BCUT2D eigenvalue weighted by Crippen LogP contribution is 2.01. The molecule has 0 atom stereocenters. The van der Waals surface area contributed by atoms with Crippen molar-refractivity contribution in [1.29, 1.82) is 0 Å². The first-order valence-electron chi connectivity index (χ1n) is 4.84. The molecule has 0 aliphatic carbocycles. The Labute approximate surface area is 95.2 Å². The van der Waals surface area contributed by atoms with Gasteiger partial charge >= 0.3 is 5.69 Å². The lowest BCUT2D eigenvalue weighted by molar-refractivity contribution is 0.300. The molecule has 8 heteroatoms. The van der Waals surface area contributed by atoms with Gasteiger partial charge in [-0.1, -0.05) is 10.3 Å². The zero-order valence-electron chi connectivity index (χ0n) is 9.38. The first-order valence-corrected chi connectivity index (χ1v) is 4.84. The lowest BCUT2D eigenvalue weighted by Gasteiger charge is -2.06. The van der Waals surface area contributed by atoms with E-state index in [1.807, 2.05) is 0 Å². The Hall–Kier alpha value is -2.38. The van der Waals surface area contributed by atoms with Crippen LogP contribution in [0, 0.1) is 6.92 Å². The molecular formula is C9H11N5O3. The van der Waals surface area contributed by atoms with E-state index in [1.165, 1.54) is 17.8 Å². The maximum Gasteiger partial charge on any atom is 0.331 e. The van der Waals surface area contributed by atoms with E-state index in [-0.39, 0.29) is 12.2 Å². The molecule has 0 aliphatic heterocycles. The molecule has 8 nitrogen and oxygen atoms in total. The average molecular weight is 237 g/mol. The van der Waals surface area contributed by atoms with E-state index < -0.39 is 11.2 Å². The topological polar surface area (TPSA) is 109 Å². The van der Waals surface area contributed by atoms with Gasteiger partial charge < -0.3 is 10.3 Å². The Morgan fingerprint density at radius 1 is 1.41 bits per heavy atom. The predicted molar refractivity (Wildman–Crippen MR) is 58.5 cm³/mol. The van der Waals surface area contributed by atoms with Crippen LogP contribution in [0.1, 0.15) is 11.4 Å². The molecule has 2 aromatic rings. The van der Waals surface area contributed by atoms with Crippen molar-refractivity contribution in [3.8, 4) is 0 Å². The molecule has 0 fully saturated rings. The number of anilines is 1. The van der Waals surface area contributed by atoms with Crippen LogP contribution in [-0.4, -0.2) is 19.4 Å². The van der Waals surface area contributed by atoms with Crippen molar-refractivity contribution in [2.75, 3.05) is 5.73 Å². The van der Waals surface area contributed by atoms with Gasteiger partial charge in [0.1, 0.15) is 17.1 Å². The van der Waals surface area contributed by atoms with Crippen LogP contribution in [0.3, 0.4) is 0 Å². The molecule has 2 aromatic heterocycles. The summed E-state index contributed by atoms with van der Waals surface area (Å²) in [5, 5.41) is 7.19. The molecule has 0 aliphatic rings. The number of nitrogens with zero attached hydrogens (tertiary/aromatic N) is 4. The maximum absolute atomic E-state index is 11.8. The van der Waals surface area contributed by atoms with Gasteiger partial charge in [0.2, 0.25) is 0 Å². The van der Waals surface area contributed by atoms with Crippen LogP contribution in [0.15, 0.2) is 20.4 Å². The van der Waals surface area contributed by atoms with Crippen molar-refractivity contribution in [1.82, 2.24) is 19.4 Å². The van der Waals surface area contributed by atoms with Crippen molar-refractivity contribution in [2.24, 2.45) is 7.05 Å². The summed E-state index contributed by atoms with van der Waals surface area (Å²) in [4.78, 5) is 23.5. The number of aryl methyl sites for hydroxylation is 2. The molecule has 0 saturated carbocycles. The van der Waals surface area contributed by atoms with Crippen molar-refractivity contribution < 1.29 is 4.63 Å². The molecule has 0 unspecified atom stereocenters. The largest absolute Gasteiger partial charge is 0.393 e. The first kappa shape index (κ1) is 11.1. The van der Waals surface area contributed by atoms with Gasteiger partial charge in [-0.15, -0.1) is 0 Å². The summed E-state index contributed by atoms with van der Waals surface area (Å²) >= 11 is 0. The normalized spacial score (nSPS) is 10.7. The van der Waals surface area contributed by atoms with Gasteiger partial charge in [0.15, 0.2) is 0 Å². The molecule has 2 rings (SSSR count). The van der Waals surface area contributed by atoms with Crippen LogP contribution in [-0.2, 0) is 13.6 Å². The fourth-order valence-electron chi connectivity index (χ4n) is 1.43. The lowest BCUT2D eigenvalue weighted by atomic mass is 10.3. The van der Waals surface area contributed by atoms with E-state index >= 15 is 0 Å². The van der Waals surface area contributed by atoms with Crippen LogP contribution >= 0.6 is 0 Å². The van der Waals surface area contributed by atoms with Gasteiger partial charge in [-0.25, -0.2) is 9.42 Å². The first-order chi connectivity index (χ1) is 8.00. The van der Waals surface area contributed by atoms with Crippen molar-refractivity contribution in [3.05, 3.63) is 38.4 Å². The molecule has 0 radical (unpaired) electrons. The Bertz CT molecular complexity index is 632. The van der Waals surface area contributed by atoms with Gasteiger partial charge in [-0.05, 0) is 6.92 Å². The molecular weight excluding hydrogens is 226 g/mol. The van der Waals surface area contributed by atoms with Crippen molar-refractivity contribution >= 4 is 5.69 Å². The second-order valence-electron chi connectivity index (χ2n) is 3.67. The van der Waals surface area contributed by atoms with E-state index in [0.717, 1.165) is 4.57 Å². The monoisotopic (exact) mass is 237 g/mol. The molecule has 17 heavy (non-hydrogen) atoms. The highest BCUT2D eigenvalue weighted by molar-refractivity contribution is 5.31. The summed E-state index contributed by atoms with van der Waals surface area (Å²) in [6.07, 6.45) is 1.29. The highest BCUT2D eigenvalue weighted by atomic mass is 16.6. The number of nitrogens with two attached hydrogens (primary N) is 1. The fraction of sp³-hybridized carbons (Fsp3) is 0.333. The lowest BCUT2D eigenvalue weighted by Crippen LogP contribution is -2.40. The predicted octanol–water partition coefficient (Wildman–Crippen LogP) is -1.13. The van der Waals surface area contributed by atoms with E-state index in [2.05, 4.69) is 14.9 Å². The fourth-order valence-corrected chi connectivity index (χ4v) is 1.43. The SMILES string of the molecule is Cc1nonc1Cn1c(=O)c(N)cn(C)c1=O. The summed E-state index contributed by atoms with van der Waals surface area (Å²) in [5.41, 5.74) is 5.45. The van der Waals surface area contributed by atoms with Crippen molar-refractivity contribution in [2.45, 2.75) is 13.5 Å². The molecule has 0 bridgehead atoms. The summed E-state index contributed by atoms with van der Waals surface area (Å²) in [7, 11) is 1.52. The zero-order chi connectivity index (χ0) is 12.6. The number of hydrogen-bond acceptors (Lipinski definition) is 6. The number of hydrogen-bond donors (Lipinski definition) is 1. The Morgan fingerprint density at radius 3 is 2.71 bits per heavy atom. The molecule has 90 valence electrons. The smallest absolute Gasteiger partial charge is 0.331 e. The second-order valence-corrected chi connectivity index (χ2v) is 3.67. The summed E-state index contributed by atoms with van der Waals surface area (Å²) < 4.78 is 6.73. The third-order valence-corrected chi connectivity index (χ3v) is 2.41. The summed E-state index contributed by atoms with van der Waals surface area (Å²) in [6, 6.07) is 0. The number of rotatable bonds is 2. The molecule has 0 amide bonds. The van der Waals surface area contributed by atoms with E-state index in [1.54, 1.807) is 6.92 Å². The molecule has 0 aromatic carbocycles. The van der Waals surface area contributed by atoms with Crippen LogP contribution in [0.2, 0.25) is 0 Å². The van der Waals surface area contributed by atoms with Gasteiger partial charge in [-0.3, -0.25) is 9.36 Å². The minimum Gasteiger partial charge on any atom is -0.393 e. The Morgan fingerprint density at radius 2 is 2.12 bits per heavy atom. The second kappa shape index (κ2) is 3.89.